The molecule has 0 heterocycles. The van der Waals surface area contributed by atoms with E-state index in [2.05, 4.69) is 33.9 Å². The second-order valence-corrected chi connectivity index (χ2v) is 3.57. The van der Waals surface area contributed by atoms with Crippen molar-refractivity contribution >= 4 is 0 Å². The second kappa shape index (κ2) is 5.15. The van der Waals surface area contributed by atoms with Gasteiger partial charge in [0, 0.05) is 0 Å². The zero-order valence-electron chi connectivity index (χ0n) is 8.71. The third-order valence-corrected chi connectivity index (χ3v) is 2.71. The van der Waals surface area contributed by atoms with Crippen molar-refractivity contribution in [1.82, 2.24) is 0 Å². The van der Waals surface area contributed by atoms with E-state index in [1.54, 1.807) is 0 Å². The van der Waals surface area contributed by atoms with Crippen LogP contribution in [0.1, 0.15) is 20.8 Å². The number of nitrogens with zero attached hydrogens (tertiary/aromatic N) is 1. The van der Waals surface area contributed by atoms with Crippen molar-refractivity contribution in [3.05, 3.63) is 25.3 Å². The Morgan fingerprint density at radius 3 is 1.75 bits per heavy atom. The maximum atomic E-state index is 3.81. The van der Waals surface area contributed by atoms with Gasteiger partial charge in [-0.05, 0) is 32.9 Å². The Balaban J connectivity index is 4.48. The average molecular weight is 168 g/mol. The fraction of sp³-hybridized carbons (Fsp3) is 0.636. The van der Waals surface area contributed by atoms with Crippen LogP contribution in [0.15, 0.2) is 25.3 Å². The molecule has 0 atom stereocenters. The predicted octanol–water partition coefficient (Wildman–Crippen LogP) is 2.60. The number of quaternary nitrogens is 1. The molecule has 12 heavy (non-hydrogen) atoms. The predicted molar refractivity (Wildman–Crippen MR) is 56.1 cm³/mol. The van der Waals surface area contributed by atoms with E-state index in [-0.39, 0.29) is 0 Å². The van der Waals surface area contributed by atoms with Gasteiger partial charge in [-0.15, -0.1) is 0 Å². The zero-order chi connectivity index (χ0) is 9.61. The maximum absolute atomic E-state index is 3.81. The van der Waals surface area contributed by atoms with Gasteiger partial charge in [0.05, 0.1) is 25.7 Å². The molecule has 1 nitrogen and oxygen atoms in total. The number of rotatable bonds is 6. The summed E-state index contributed by atoms with van der Waals surface area (Å²) < 4.78 is 1.08. The highest BCUT2D eigenvalue weighted by molar-refractivity contribution is 4.72. The Morgan fingerprint density at radius 1 is 1.17 bits per heavy atom. The fourth-order valence-corrected chi connectivity index (χ4v) is 1.63. The van der Waals surface area contributed by atoms with Crippen LogP contribution in [0.2, 0.25) is 0 Å². The van der Waals surface area contributed by atoms with Gasteiger partial charge in [-0.2, -0.15) is 0 Å². The van der Waals surface area contributed by atoms with Gasteiger partial charge < -0.3 is 4.48 Å². The van der Waals surface area contributed by atoms with Crippen LogP contribution >= 0.6 is 0 Å². The summed E-state index contributed by atoms with van der Waals surface area (Å²) in [6.07, 6.45) is 4.01. The Bertz CT molecular complexity index is 137. The van der Waals surface area contributed by atoms with E-state index >= 15 is 0 Å². The Kier molecular flexibility index (Phi) is 4.91. The van der Waals surface area contributed by atoms with Crippen molar-refractivity contribution in [2.24, 2.45) is 0 Å². The largest absolute Gasteiger partial charge is 0.315 e. The van der Waals surface area contributed by atoms with E-state index in [1.807, 2.05) is 12.2 Å². The second-order valence-electron chi connectivity index (χ2n) is 3.57. The number of likely N-dealkylation sites (N-methyl/N-ethyl adjacent to an activating group) is 1. The average Bonchev–Trinajstić information content (AvgIpc) is 2.03. The van der Waals surface area contributed by atoms with Gasteiger partial charge >= 0.3 is 0 Å². The van der Waals surface area contributed by atoms with Crippen LogP contribution < -0.4 is 0 Å². The maximum Gasteiger partial charge on any atom is 0.0975 e. The van der Waals surface area contributed by atoms with Crippen LogP contribution in [0.25, 0.3) is 0 Å². The Morgan fingerprint density at radius 2 is 1.58 bits per heavy atom. The van der Waals surface area contributed by atoms with Gasteiger partial charge in [0.15, 0.2) is 0 Å². The van der Waals surface area contributed by atoms with E-state index in [1.165, 1.54) is 0 Å². The van der Waals surface area contributed by atoms with E-state index in [0.717, 1.165) is 24.1 Å². The first-order valence-electron chi connectivity index (χ1n) is 4.70. The normalized spacial score (nSPS) is 11.7. The summed E-state index contributed by atoms with van der Waals surface area (Å²) in [7, 11) is 0. The van der Waals surface area contributed by atoms with E-state index in [0.29, 0.717) is 6.04 Å². The lowest BCUT2D eigenvalue weighted by atomic mass is 10.2. The van der Waals surface area contributed by atoms with Gasteiger partial charge in [0.2, 0.25) is 0 Å². The molecule has 0 bridgehead atoms. The third kappa shape index (κ3) is 2.49. The highest BCUT2D eigenvalue weighted by Gasteiger charge is 2.25. The Labute approximate surface area is 77.0 Å². The molecule has 1 heteroatoms. The molecule has 0 aliphatic rings. The van der Waals surface area contributed by atoms with Gasteiger partial charge in [0.25, 0.3) is 0 Å². The van der Waals surface area contributed by atoms with Gasteiger partial charge in [-0.3, -0.25) is 0 Å². The van der Waals surface area contributed by atoms with Crippen LogP contribution in [0.3, 0.4) is 0 Å². The standard InChI is InChI=1S/C11H22N/c1-6-9-12(8-3,10-7-2)11(4)5/h6-7,11H,1-2,8-10H2,3-5H3/q+1. The molecule has 0 aromatic rings. The van der Waals surface area contributed by atoms with Crippen LogP contribution in [-0.2, 0) is 0 Å². The molecule has 0 saturated heterocycles. The molecule has 0 radical (unpaired) electrons. The summed E-state index contributed by atoms with van der Waals surface area (Å²) in [5, 5.41) is 0. The molecule has 0 amide bonds. The van der Waals surface area contributed by atoms with Crippen molar-refractivity contribution in [3.63, 3.8) is 0 Å². The first-order valence-corrected chi connectivity index (χ1v) is 4.70. The molecule has 0 rings (SSSR count). The van der Waals surface area contributed by atoms with Crippen molar-refractivity contribution in [2.75, 3.05) is 19.6 Å². The molecular weight excluding hydrogens is 146 g/mol. The minimum Gasteiger partial charge on any atom is -0.315 e. The Hall–Kier alpha value is -0.560. The molecule has 0 N–H and O–H groups in total. The molecule has 0 fully saturated rings. The molecule has 0 aliphatic carbocycles. The smallest absolute Gasteiger partial charge is 0.0975 e. The quantitative estimate of drug-likeness (QED) is 0.422. The monoisotopic (exact) mass is 168 g/mol. The number of hydrogen-bond acceptors (Lipinski definition) is 0. The minimum atomic E-state index is 0.644. The zero-order valence-corrected chi connectivity index (χ0v) is 8.71. The van der Waals surface area contributed by atoms with Crippen molar-refractivity contribution in [3.8, 4) is 0 Å². The molecule has 0 aromatic heterocycles. The summed E-state index contributed by atoms with van der Waals surface area (Å²) in [4.78, 5) is 0. The lowest BCUT2D eigenvalue weighted by Crippen LogP contribution is -2.53. The van der Waals surface area contributed by atoms with Crippen LogP contribution in [0.4, 0.5) is 0 Å². The van der Waals surface area contributed by atoms with Crippen LogP contribution in [0.5, 0.6) is 0 Å². The highest BCUT2D eigenvalue weighted by atomic mass is 15.4. The lowest BCUT2D eigenvalue weighted by Gasteiger charge is -2.40. The van der Waals surface area contributed by atoms with Crippen molar-refractivity contribution < 1.29 is 4.48 Å². The van der Waals surface area contributed by atoms with Gasteiger partial charge in [-0.1, -0.05) is 13.2 Å². The topological polar surface area (TPSA) is 0 Å². The van der Waals surface area contributed by atoms with E-state index in [4.69, 9.17) is 0 Å². The molecule has 0 unspecified atom stereocenters. The molecule has 0 aliphatic heterocycles. The first kappa shape index (κ1) is 11.4. The summed E-state index contributed by atoms with van der Waals surface area (Å²) >= 11 is 0. The van der Waals surface area contributed by atoms with Gasteiger partial charge in [-0.25, -0.2) is 0 Å². The molecule has 0 aromatic carbocycles. The third-order valence-electron chi connectivity index (χ3n) is 2.71. The first-order chi connectivity index (χ1) is 5.63. The number of hydrogen-bond donors (Lipinski definition) is 0. The fourth-order valence-electron chi connectivity index (χ4n) is 1.63. The molecule has 70 valence electrons. The van der Waals surface area contributed by atoms with Crippen LogP contribution in [0, 0.1) is 0 Å². The summed E-state index contributed by atoms with van der Waals surface area (Å²) in [6.45, 7) is 17.6. The van der Waals surface area contributed by atoms with Crippen molar-refractivity contribution in [2.45, 2.75) is 26.8 Å². The van der Waals surface area contributed by atoms with Crippen molar-refractivity contribution in [1.29, 1.82) is 0 Å². The van der Waals surface area contributed by atoms with Gasteiger partial charge in [0.1, 0.15) is 0 Å². The minimum absolute atomic E-state index is 0.644. The molecular formula is C11H22N+. The summed E-state index contributed by atoms with van der Waals surface area (Å²) in [5.74, 6) is 0. The SMILES string of the molecule is C=CC[N+](CC)(CC=C)C(C)C. The van der Waals surface area contributed by atoms with Crippen LogP contribution in [-0.4, -0.2) is 30.2 Å². The van der Waals surface area contributed by atoms with E-state index < -0.39 is 0 Å². The summed E-state index contributed by atoms with van der Waals surface area (Å²) in [5.41, 5.74) is 0. The molecule has 0 saturated carbocycles. The lowest BCUT2D eigenvalue weighted by molar-refractivity contribution is -0.935. The van der Waals surface area contributed by atoms with E-state index in [9.17, 15) is 0 Å². The summed E-state index contributed by atoms with van der Waals surface area (Å²) in [6, 6.07) is 0.644. The molecule has 0 spiro atoms. The highest BCUT2D eigenvalue weighted by Crippen LogP contribution is 2.13.